The minimum Gasteiger partial charge on any atom is -0.404 e. The van der Waals surface area contributed by atoms with Crippen molar-refractivity contribution < 1.29 is 9.63 Å². The molecule has 2 heterocycles. The molecule has 0 aliphatic heterocycles. The highest BCUT2D eigenvalue weighted by atomic mass is 16.7. The Morgan fingerprint density at radius 3 is 2.50 bits per heavy atom. The average molecular weight is 429 g/mol. The lowest BCUT2D eigenvalue weighted by Crippen LogP contribution is -2.28. The SMILES string of the molecule is CC(=O)Nc1ccc(CNc2cc(=O)n(OCc3ccccc3)c3ncnc(C)c23)cc1. The van der Waals surface area contributed by atoms with E-state index in [0.717, 1.165) is 27.9 Å². The number of rotatable bonds is 7. The van der Waals surface area contributed by atoms with Crippen molar-refractivity contribution in [1.29, 1.82) is 0 Å². The van der Waals surface area contributed by atoms with Gasteiger partial charge in [-0.15, -0.1) is 4.73 Å². The van der Waals surface area contributed by atoms with Gasteiger partial charge in [0.15, 0.2) is 5.65 Å². The fraction of sp³-hybridized carbons (Fsp3) is 0.167. The summed E-state index contributed by atoms with van der Waals surface area (Å²) in [5, 5.41) is 6.77. The average Bonchev–Trinajstić information content (AvgIpc) is 2.78. The molecule has 0 radical (unpaired) electrons. The molecular formula is C24H23N5O3. The molecule has 0 aliphatic rings. The van der Waals surface area contributed by atoms with Crippen LogP contribution in [0.4, 0.5) is 11.4 Å². The van der Waals surface area contributed by atoms with Crippen LogP contribution in [0, 0.1) is 6.92 Å². The fourth-order valence-electron chi connectivity index (χ4n) is 3.37. The first-order valence-electron chi connectivity index (χ1n) is 10.2. The van der Waals surface area contributed by atoms with E-state index in [1.54, 1.807) is 0 Å². The zero-order valence-corrected chi connectivity index (χ0v) is 17.8. The molecule has 0 spiro atoms. The zero-order valence-electron chi connectivity index (χ0n) is 17.8. The Morgan fingerprint density at radius 2 is 1.78 bits per heavy atom. The minimum absolute atomic E-state index is 0.118. The predicted molar refractivity (Wildman–Crippen MR) is 123 cm³/mol. The van der Waals surface area contributed by atoms with Crippen molar-refractivity contribution in [3.8, 4) is 0 Å². The number of anilines is 2. The van der Waals surface area contributed by atoms with Crippen molar-refractivity contribution in [2.75, 3.05) is 10.6 Å². The molecule has 2 aromatic carbocycles. The Labute approximate surface area is 184 Å². The molecule has 2 aromatic heterocycles. The number of amides is 1. The molecule has 1 amide bonds. The molecule has 2 N–H and O–H groups in total. The van der Waals surface area contributed by atoms with Crippen molar-refractivity contribution in [3.63, 3.8) is 0 Å². The van der Waals surface area contributed by atoms with Crippen molar-refractivity contribution >= 4 is 28.3 Å². The van der Waals surface area contributed by atoms with Gasteiger partial charge in [0.05, 0.1) is 16.8 Å². The van der Waals surface area contributed by atoms with Gasteiger partial charge in [-0.25, -0.2) is 9.97 Å². The summed E-state index contributed by atoms with van der Waals surface area (Å²) in [4.78, 5) is 38.4. The lowest BCUT2D eigenvalue weighted by molar-refractivity contribution is -0.114. The number of carbonyl (C=O) groups excluding carboxylic acids is 1. The first-order chi connectivity index (χ1) is 15.5. The van der Waals surface area contributed by atoms with Gasteiger partial charge in [0.1, 0.15) is 12.9 Å². The standard InChI is InChI=1S/C24H23N5O3/c1-16-23-21(25-13-18-8-10-20(11-9-18)28-17(2)30)12-22(31)29(24(23)27-15-26-16)32-14-19-6-4-3-5-7-19/h3-12,15,25H,13-14H2,1-2H3,(H,28,30). The number of fused-ring (bicyclic) bond motifs is 1. The molecular weight excluding hydrogens is 406 g/mol. The molecule has 0 bridgehead atoms. The van der Waals surface area contributed by atoms with Gasteiger partial charge in [0.2, 0.25) is 5.91 Å². The van der Waals surface area contributed by atoms with Crippen LogP contribution in [0.2, 0.25) is 0 Å². The maximum Gasteiger partial charge on any atom is 0.287 e. The Balaban J connectivity index is 1.60. The number of benzene rings is 2. The van der Waals surface area contributed by atoms with E-state index in [2.05, 4.69) is 20.6 Å². The lowest BCUT2D eigenvalue weighted by atomic mass is 10.1. The summed E-state index contributed by atoms with van der Waals surface area (Å²) in [5.41, 5.74) is 4.12. The number of carbonyl (C=O) groups is 1. The van der Waals surface area contributed by atoms with Gasteiger partial charge in [-0.1, -0.05) is 42.5 Å². The maximum atomic E-state index is 12.8. The summed E-state index contributed by atoms with van der Waals surface area (Å²) < 4.78 is 1.21. The molecule has 0 aliphatic carbocycles. The lowest BCUT2D eigenvalue weighted by Gasteiger charge is -2.15. The number of hydrogen-bond acceptors (Lipinski definition) is 6. The Bertz CT molecular complexity index is 1300. The van der Waals surface area contributed by atoms with E-state index < -0.39 is 0 Å². The Kier molecular flexibility index (Phi) is 6.12. The quantitative estimate of drug-likeness (QED) is 0.468. The molecule has 0 atom stereocenters. The Hall–Kier alpha value is -4.20. The van der Waals surface area contributed by atoms with Crippen molar-refractivity contribution in [1.82, 2.24) is 14.7 Å². The third-order valence-corrected chi connectivity index (χ3v) is 4.91. The summed E-state index contributed by atoms with van der Waals surface area (Å²) in [7, 11) is 0. The van der Waals surface area contributed by atoms with Crippen LogP contribution >= 0.6 is 0 Å². The molecule has 8 nitrogen and oxygen atoms in total. The van der Waals surface area contributed by atoms with Crippen molar-refractivity contribution in [3.05, 3.63) is 94.2 Å². The van der Waals surface area contributed by atoms with Crippen LogP contribution in [0.5, 0.6) is 0 Å². The number of pyridine rings is 1. The van der Waals surface area contributed by atoms with Crippen LogP contribution < -0.4 is 21.0 Å². The van der Waals surface area contributed by atoms with E-state index >= 15 is 0 Å². The molecule has 32 heavy (non-hydrogen) atoms. The summed E-state index contributed by atoms with van der Waals surface area (Å²) in [6.07, 6.45) is 1.42. The third kappa shape index (κ3) is 4.75. The van der Waals surface area contributed by atoms with Crippen LogP contribution in [0.1, 0.15) is 23.7 Å². The molecule has 0 saturated heterocycles. The molecule has 162 valence electrons. The third-order valence-electron chi connectivity index (χ3n) is 4.91. The van der Waals surface area contributed by atoms with Crippen LogP contribution in [0.25, 0.3) is 11.0 Å². The highest BCUT2D eigenvalue weighted by molar-refractivity contribution is 5.91. The van der Waals surface area contributed by atoms with E-state index in [1.807, 2.05) is 61.5 Å². The first-order valence-corrected chi connectivity index (χ1v) is 10.2. The van der Waals surface area contributed by atoms with Crippen LogP contribution in [0.15, 0.2) is 71.8 Å². The van der Waals surface area contributed by atoms with Crippen LogP contribution in [-0.4, -0.2) is 20.6 Å². The first kappa shape index (κ1) is 21.0. The second kappa shape index (κ2) is 9.30. The fourth-order valence-corrected chi connectivity index (χ4v) is 3.37. The van der Waals surface area contributed by atoms with Crippen molar-refractivity contribution in [2.45, 2.75) is 27.0 Å². The zero-order chi connectivity index (χ0) is 22.5. The van der Waals surface area contributed by atoms with Gasteiger partial charge in [0.25, 0.3) is 5.56 Å². The molecule has 4 aromatic rings. The second-order valence-electron chi connectivity index (χ2n) is 7.34. The van der Waals surface area contributed by atoms with E-state index in [-0.39, 0.29) is 18.1 Å². The van der Waals surface area contributed by atoms with E-state index in [9.17, 15) is 9.59 Å². The van der Waals surface area contributed by atoms with Gasteiger partial charge in [-0.3, -0.25) is 9.59 Å². The number of hydrogen-bond donors (Lipinski definition) is 2. The summed E-state index contributed by atoms with van der Waals surface area (Å²) in [6, 6.07) is 18.6. The summed E-state index contributed by atoms with van der Waals surface area (Å²) in [5.74, 6) is -0.118. The van der Waals surface area contributed by atoms with Crippen molar-refractivity contribution in [2.24, 2.45) is 0 Å². The highest BCUT2D eigenvalue weighted by Gasteiger charge is 2.14. The van der Waals surface area contributed by atoms with E-state index in [1.165, 1.54) is 24.0 Å². The minimum atomic E-state index is -0.324. The van der Waals surface area contributed by atoms with E-state index in [4.69, 9.17) is 4.84 Å². The number of aryl methyl sites for hydroxylation is 1. The molecule has 0 fully saturated rings. The monoisotopic (exact) mass is 429 g/mol. The van der Waals surface area contributed by atoms with Gasteiger partial charge in [0, 0.05) is 25.2 Å². The molecule has 8 heteroatoms. The molecule has 0 unspecified atom stereocenters. The summed E-state index contributed by atoms with van der Waals surface area (Å²) >= 11 is 0. The predicted octanol–water partition coefficient (Wildman–Crippen LogP) is 3.30. The number of aromatic nitrogens is 3. The topological polar surface area (TPSA) is 98.1 Å². The number of nitrogens with zero attached hydrogens (tertiary/aromatic N) is 3. The maximum absolute atomic E-state index is 12.8. The van der Waals surface area contributed by atoms with Gasteiger partial charge >= 0.3 is 0 Å². The molecule has 0 saturated carbocycles. The molecule has 4 rings (SSSR count). The highest BCUT2D eigenvalue weighted by Crippen LogP contribution is 2.23. The van der Waals surface area contributed by atoms with Crippen LogP contribution in [-0.2, 0) is 17.9 Å². The second-order valence-corrected chi connectivity index (χ2v) is 7.34. The summed E-state index contributed by atoms with van der Waals surface area (Å²) in [6.45, 7) is 4.06. The van der Waals surface area contributed by atoms with Gasteiger partial charge in [-0.05, 0) is 30.2 Å². The Morgan fingerprint density at radius 1 is 1.03 bits per heavy atom. The van der Waals surface area contributed by atoms with Gasteiger partial charge < -0.3 is 15.5 Å². The number of nitrogens with one attached hydrogen (secondary N) is 2. The van der Waals surface area contributed by atoms with E-state index in [0.29, 0.717) is 17.9 Å². The normalized spacial score (nSPS) is 10.7. The smallest absolute Gasteiger partial charge is 0.287 e. The van der Waals surface area contributed by atoms with Gasteiger partial charge in [-0.2, -0.15) is 0 Å². The largest absolute Gasteiger partial charge is 0.404 e. The van der Waals surface area contributed by atoms with Crippen LogP contribution in [0.3, 0.4) is 0 Å².